The van der Waals surface area contributed by atoms with Crippen molar-refractivity contribution in [2.45, 2.75) is 18.9 Å². The number of halogens is 1. The fraction of sp³-hybridized carbons (Fsp3) is 0.579. The number of ether oxygens (including phenoxy) is 2. The Morgan fingerprint density at radius 2 is 2.00 bits per heavy atom. The van der Waals surface area contributed by atoms with Gasteiger partial charge >= 0.3 is 0 Å². The van der Waals surface area contributed by atoms with Gasteiger partial charge in [0.05, 0.1) is 18.2 Å². The molecule has 0 aliphatic carbocycles. The molecule has 0 radical (unpaired) electrons. The van der Waals surface area contributed by atoms with E-state index < -0.39 is 0 Å². The van der Waals surface area contributed by atoms with Gasteiger partial charge in [-0.1, -0.05) is 11.6 Å². The van der Waals surface area contributed by atoms with Crippen LogP contribution in [-0.2, 0) is 9.53 Å². The highest BCUT2D eigenvalue weighted by atomic mass is 35.5. The van der Waals surface area contributed by atoms with Gasteiger partial charge in [0.15, 0.2) is 0 Å². The molecule has 1 saturated heterocycles. The Bertz CT molecular complexity index is 646. The van der Waals surface area contributed by atoms with Gasteiger partial charge in [0.2, 0.25) is 5.91 Å². The van der Waals surface area contributed by atoms with Gasteiger partial charge in [-0.2, -0.15) is 0 Å². The van der Waals surface area contributed by atoms with Crippen LogP contribution in [0.5, 0.6) is 5.75 Å². The Morgan fingerprint density at radius 1 is 1.30 bits per heavy atom. The van der Waals surface area contributed by atoms with Gasteiger partial charge in [-0.15, -0.1) is 0 Å². The number of nitrogens with one attached hydrogen (secondary N) is 1. The van der Waals surface area contributed by atoms with Crippen LogP contribution in [-0.4, -0.2) is 81.7 Å². The lowest BCUT2D eigenvalue weighted by Gasteiger charge is -2.33. The first kappa shape index (κ1) is 21.5. The summed E-state index contributed by atoms with van der Waals surface area (Å²) in [5.74, 6) is 0.497. The number of nitrogens with zero attached hydrogens (tertiary/aromatic N) is 2. The smallest absolute Gasteiger partial charge is 0.251 e. The van der Waals surface area contributed by atoms with E-state index in [2.05, 4.69) is 5.32 Å². The van der Waals surface area contributed by atoms with Gasteiger partial charge in [0.1, 0.15) is 11.9 Å². The minimum atomic E-state index is -0.201. The third-order valence-electron chi connectivity index (χ3n) is 4.33. The van der Waals surface area contributed by atoms with E-state index >= 15 is 0 Å². The molecule has 1 aromatic rings. The average molecular weight is 398 g/mol. The summed E-state index contributed by atoms with van der Waals surface area (Å²) in [5.41, 5.74) is 0.479. The van der Waals surface area contributed by atoms with Crippen molar-refractivity contribution < 1.29 is 19.1 Å². The maximum absolute atomic E-state index is 12.1. The molecule has 0 bridgehead atoms. The molecule has 8 heteroatoms. The summed E-state index contributed by atoms with van der Waals surface area (Å²) in [6.45, 7) is 2.67. The van der Waals surface area contributed by atoms with E-state index in [0.717, 1.165) is 12.8 Å². The summed E-state index contributed by atoms with van der Waals surface area (Å²) in [7, 11) is 5.35. The topological polar surface area (TPSA) is 71.1 Å². The van der Waals surface area contributed by atoms with Crippen molar-refractivity contribution in [3.8, 4) is 5.75 Å². The lowest BCUT2D eigenvalue weighted by Crippen LogP contribution is -2.45. The van der Waals surface area contributed by atoms with Crippen LogP contribution in [0.25, 0.3) is 0 Å². The van der Waals surface area contributed by atoms with Gasteiger partial charge in [-0.3, -0.25) is 9.59 Å². The quantitative estimate of drug-likeness (QED) is 0.675. The van der Waals surface area contributed by atoms with Gasteiger partial charge in [-0.05, 0) is 32.3 Å². The molecule has 1 fully saturated rings. The number of hydrogen-bond acceptors (Lipinski definition) is 5. The van der Waals surface area contributed by atoms with Crippen LogP contribution in [0.2, 0.25) is 5.02 Å². The van der Waals surface area contributed by atoms with Gasteiger partial charge in [0.25, 0.3) is 5.91 Å². The van der Waals surface area contributed by atoms with E-state index in [1.165, 1.54) is 0 Å². The zero-order valence-corrected chi connectivity index (χ0v) is 16.9. The van der Waals surface area contributed by atoms with E-state index in [0.29, 0.717) is 49.1 Å². The standard InChI is InChI=1S/C19H28ClN3O4/c1-22(2)13-18(24)23-9-6-15(7-10-23)27-17-5-4-14(12-16(17)20)19(25)21-8-11-26-3/h4-5,12,15H,6-11,13H2,1-3H3,(H,21,25). The number of rotatable bonds is 8. The van der Waals surface area contributed by atoms with Crippen LogP contribution in [0.4, 0.5) is 0 Å². The monoisotopic (exact) mass is 397 g/mol. The summed E-state index contributed by atoms with van der Waals surface area (Å²) in [6, 6.07) is 5.02. The minimum absolute atomic E-state index is 0.00675. The van der Waals surface area contributed by atoms with Crippen LogP contribution < -0.4 is 10.1 Å². The number of amides is 2. The largest absolute Gasteiger partial charge is 0.489 e. The van der Waals surface area contributed by atoms with Gasteiger partial charge in [0, 0.05) is 45.1 Å². The zero-order chi connectivity index (χ0) is 19.8. The van der Waals surface area contributed by atoms with E-state index in [9.17, 15) is 9.59 Å². The molecule has 0 atom stereocenters. The third kappa shape index (κ3) is 6.68. The second kappa shape index (κ2) is 10.5. The number of likely N-dealkylation sites (N-methyl/N-ethyl adjacent to an activating group) is 1. The Hall–Kier alpha value is -1.83. The first-order valence-electron chi connectivity index (χ1n) is 9.06. The molecule has 0 aromatic heterocycles. The molecular weight excluding hydrogens is 370 g/mol. The fourth-order valence-corrected chi connectivity index (χ4v) is 3.10. The zero-order valence-electron chi connectivity index (χ0n) is 16.2. The summed E-state index contributed by atoms with van der Waals surface area (Å²) >= 11 is 6.29. The minimum Gasteiger partial charge on any atom is -0.489 e. The highest BCUT2D eigenvalue weighted by Gasteiger charge is 2.24. The van der Waals surface area contributed by atoms with Gasteiger partial charge < -0.3 is 24.6 Å². The first-order chi connectivity index (χ1) is 12.9. The van der Waals surface area contributed by atoms with Crippen molar-refractivity contribution in [3.05, 3.63) is 28.8 Å². The Morgan fingerprint density at radius 3 is 2.59 bits per heavy atom. The lowest BCUT2D eigenvalue weighted by molar-refractivity contribution is -0.133. The molecule has 7 nitrogen and oxygen atoms in total. The molecule has 150 valence electrons. The van der Waals surface area contributed by atoms with E-state index in [1.807, 2.05) is 23.9 Å². The molecule has 1 aromatic carbocycles. The Balaban J connectivity index is 1.86. The van der Waals surface area contributed by atoms with Crippen molar-refractivity contribution in [1.82, 2.24) is 15.1 Å². The van der Waals surface area contributed by atoms with Crippen LogP contribution in [0.3, 0.4) is 0 Å². The van der Waals surface area contributed by atoms with E-state index in [1.54, 1.807) is 25.3 Å². The van der Waals surface area contributed by atoms with Crippen LogP contribution in [0, 0.1) is 0 Å². The van der Waals surface area contributed by atoms with E-state index in [-0.39, 0.29) is 17.9 Å². The molecule has 1 aliphatic rings. The fourth-order valence-electron chi connectivity index (χ4n) is 2.88. The number of carbonyl (C=O) groups excluding carboxylic acids is 2. The summed E-state index contributed by atoms with van der Waals surface area (Å²) in [4.78, 5) is 27.9. The predicted molar refractivity (Wildman–Crippen MR) is 104 cm³/mol. The average Bonchev–Trinajstić information content (AvgIpc) is 2.63. The number of piperidine rings is 1. The first-order valence-corrected chi connectivity index (χ1v) is 9.44. The predicted octanol–water partition coefficient (Wildman–Crippen LogP) is 1.65. The van der Waals surface area contributed by atoms with Crippen LogP contribution in [0.15, 0.2) is 18.2 Å². The number of likely N-dealkylation sites (tertiary alicyclic amines) is 1. The maximum Gasteiger partial charge on any atom is 0.251 e. The molecule has 1 N–H and O–H groups in total. The number of benzene rings is 1. The van der Waals surface area contributed by atoms with Gasteiger partial charge in [-0.25, -0.2) is 0 Å². The second-order valence-electron chi connectivity index (χ2n) is 6.83. The molecule has 27 heavy (non-hydrogen) atoms. The van der Waals surface area contributed by atoms with Crippen molar-refractivity contribution in [1.29, 1.82) is 0 Å². The molecule has 0 unspecified atom stereocenters. The lowest BCUT2D eigenvalue weighted by atomic mass is 10.1. The Labute approximate surface area is 165 Å². The molecule has 0 saturated carbocycles. The normalized spacial score (nSPS) is 15.1. The molecule has 2 rings (SSSR count). The van der Waals surface area contributed by atoms with E-state index in [4.69, 9.17) is 21.1 Å². The summed E-state index contributed by atoms with van der Waals surface area (Å²) in [5, 5.41) is 3.16. The number of methoxy groups -OCH3 is 1. The highest BCUT2D eigenvalue weighted by Crippen LogP contribution is 2.28. The highest BCUT2D eigenvalue weighted by molar-refractivity contribution is 6.32. The SMILES string of the molecule is COCCNC(=O)c1ccc(OC2CCN(C(=O)CN(C)C)CC2)c(Cl)c1. The van der Waals surface area contributed by atoms with Crippen LogP contribution in [0.1, 0.15) is 23.2 Å². The summed E-state index contributed by atoms with van der Waals surface area (Å²) in [6.07, 6.45) is 1.52. The number of hydrogen-bond donors (Lipinski definition) is 1. The van der Waals surface area contributed by atoms with Crippen molar-refractivity contribution in [2.24, 2.45) is 0 Å². The molecule has 1 aliphatic heterocycles. The van der Waals surface area contributed by atoms with Crippen molar-refractivity contribution in [3.63, 3.8) is 0 Å². The van der Waals surface area contributed by atoms with Crippen LogP contribution >= 0.6 is 11.6 Å². The Kier molecular flexibility index (Phi) is 8.34. The van der Waals surface area contributed by atoms with Crippen molar-refractivity contribution in [2.75, 3.05) is 54.0 Å². The molecule has 1 heterocycles. The third-order valence-corrected chi connectivity index (χ3v) is 4.62. The molecular formula is C19H28ClN3O4. The number of carbonyl (C=O) groups is 2. The summed E-state index contributed by atoms with van der Waals surface area (Å²) < 4.78 is 10.9. The second-order valence-corrected chi connectivity index (χ2v) is 7.24. The molecule has 0 spiro atoms. The maximum atomic E-state index is 12.1. The molecule has 2 amide bonds. The van der Waals surface area contributed by atoms with Crippen molar-refractivity contribution >= 4 is 23.4 Å².